The van der Waals surface area contributed by atoms with E-state index >= 15 is 0 Å². The average Bonchev–Trinajstić information content (AvgIpc) is 3.55. The molecular weight excluding hydrogens is 396 g/mol. The maximum atomic E-state index is 6.07. The molecule has 2 saturated heterocycles. The van der Waals surface area contributed by atoms with Gasteiger partial charge in [-0.05, 0) is 62.8 Å². The highest BCUT2D eigenvalue weighted by molar-refractivity contribution is 7.19. The van der Waals surface area contributed by atoms with Gasteiger partial charge in [0.25, 0.3) is 0 Å². The summed E-state index contributed by atoms with van der Waals surface area (Å²) in [6.07, 6.45) is 10.3. The van der Waals surface area contributed by atoms with Crippen LogP contribution in [0.25, 0.3) is 10.2 Å². The van der Waals surface area contributed by atoms with Crippen molar-refractivity contribution >= 4 is 27.4 Å². The van der Waals surface area contributed by atoms with Gasteiger partial charge >= 0.3 is 0 Å². The summed E-state index contributed by atoms with van der Waals surface area (Å²) < 4.78 is 11.6. The Balaban J connectivity index is 1.31. The van der Waals surface area contributed by atoms with Gasteiger partial charge < -0.3 is 14.8 Å². The number of hydrogen-bond acceptors (Lipinski definition) is 7. The molecule has 2 atom stereocenters. The molecule has 4 aliphatic rings. The number of rotatable bonds is 5. The fourth-order valence-electron chi connectivity index (χ4n) is 5.29. The lowest BCUT2D eigenvalue weighted by atomic mass is 9.96. The molecule has 0 aromatic carbocycles. The molecule has 1 N–H and O–H groups in total. The summed E-state index contributed by atoms with van der Waals surface area (Å²) in [4.78, 5) is 15.3. The van der Waals surface area contributed by atoms with Gasteiger partial charge in [-0.2, -0.15) is 0 Å². The molecule has 6 rings (SSSR count). The standard InChI is InChI=1S/C23H32N4O2S/c1-2-4-19-17(3-1)21-22(24-16-7-10-29-18(13-16)15-5-6-15)25-20(26-23(21)30-19)14-27-8-11-28-12-9-27/h15-16,18H,1-14H2,(H,24,25,26). The number of aryl methyl sites for hydroxylation is 2. The average molecular weight is 429 g/mol. The zero-order valence-corrected chi connectivity index (χ0v) is 18.5. The molecular formula is C23H32N4O2S. The van der Waals surface area contributed by atoms with Crippen molar-refractivity contribution in [2.45, 2.75) is 70.1 Å². The van der Waals surface area contributed by atoms with Gasteiger partial charge in [-0.25, -0.2) is 9.97 Å². The van der Waals surface area contributed by atoms with Crippen molar-refractivity contribution in [1.29, 1.82) is 0 Å². The number of ether oxygens (including phenoxy) is 2. The number of nitrogens with zero attached hydrogens (tertiary/aromatic N) is 3. The van der Waals surface area contributed by atoms with Crippen molar-refractivity contribution in [3.05, 3.63) is 16.3 Å². The summed E-state index contributed by atoms with van der Waals surface area (Å²) >= 11 is 1.91. The van der Waals surface area contributed by atoms with Crippen LogP contribution in [0.5, 0.6) is 0 Å². The maximum absolute atomic E-state index is 6.07. The van der Waals surface area contributed by atoms with E-state index in [0.29, 0.717) is 12.1 Å². The summed E-state index contributed by atoms with van der Waals surface area (Å²) in [7, 11) is 0. The number of aromatic nitrogens is 2. The number of nitrogens with one attached hydrogen (secondary N) is 1. The highest BCUT2D eigenvalue weighted by Crippen LogP contribution is 2.41. The Bertz CT molecular complexity index is 906. The molecule has 2 aromatic heterocycles. The minimum Gasteiger partial charge on any atom is -0.379 e. The third-order valence-corrected chi connectivity index (χ3v) is 8.32. The topological polar surface area (TPSA) is 59.5 Å². The number of anilines is 1. The number of hydrogen-bond donors (Lipinski definition) is 1. The van der Waals surface area contributed by atoms with Crippen LogP contribution in [0.15, 0.2) is 0 Å². The van der Waals surface area contributed by atoms with Gasteiger partial charge in [0.05, 0.1) is 31.2 Å². The lowest BCUT2D eigenvalue weighted by molar-refractivity contribution is -0.00222. The van der Waals surface area contributed by atoms with Crippen LogP contribution >= 0.6 is 11.3 Å². The minimum absolute atomic E-state index is 0.442. The van der Waals surface area contributed by atoms with Crippen LogP contribution in [-0.4, -0.2) is 59.9 Å². The first kappa shape index (κ1) is 19.4. The Labute approximate surface area is 182 Å². The Kier molecular flexibility index (Phi) is 5.39. The second-order valence-corrected chi connectivity index (χ2v) is 10.5. The van der Waals surface area contributed by atoms with E-state index in [-0.39, 0.29) is 0 Å². The molecule has 0 amide bonds. The van der Waals surface area contributed by atoms with Crippen LogP contribution in [0.4, 0.5) is 5.82 Å². The molecule has 162 valence electrons. The lowest BCUT2D eigenvalue weighted by Crippen LogP contribution is -2.36. The van der Waals surface area contributed by atoms with Crippen LogP contribution in [0.2, 0.25) is 0 Å². The Morgan fingerprint density at radius 3 is 2.77 bits per heavy atom. The molecule has 2 aromatic rings. The summed E-state index contributed by atoms with van der Waals surface area (Å²) in [6, 6.07) is 0.456. The second-order valence-electron chi connectivity index (χ2n) is 9.38. The van der Waals surface area contributed by atoms with Gasteiger partial charge in [-0.3, -0.25) is 4.90 Å². The molecule has 4 heterocycles. The monoisotopic (exact) mass is 428 g/mol. The van der Waals surface area contributed by atoms with Gasteiger partial charge in [-0.15, -0.1) is 11.3 Å². The van der Waals surface area contributed by atoms with Gasteiger partial charge in [0.15, 0.2) is 0 Å². The minimum atomic E-state index is 0.442. The molecule has 2 unspecified atom stereocenters. The predicted octanol–water partition coefficient (Wildman–Crippen LogP) is 3.77. The van der Waals surface area contributed by atoms with Crippen molar-refractivity contribution in [1.82, 2.24) is 14.9 Å². The molecule has 1 saturated carbocycles. The van der Waals surface area contributed by atoms with Crippen molar-refractivity contribution < 1.29 is 9.47 Å². The van der Waals surface area contributed by atoms with E-state index in [4.69, 9.17) is 19.4 Å². The summed E-state index contributed by atoms with van der Waals surface area (Å²) in [6.45, 7) is 5.24. The van der Waals surface area contributed by atoms with Crippen LogP contribution < -0.4 is 5.32 Å². The van der Waals surface area contributed by atoms with Gasteiger partial charge in [0.1, 0.15) is 16.5 Å². The Morgan fingerprint density at radius 2 is 1.90 bits per heavy atom. The first-order chi connectivity index (χ1) is 14.8. The largest absolute Gasteiger partial charge is 0.379 e. The van der Waals surface area contributed by atoms with E-state index in [1.807, 2.05) is 11.3 Å². The lowest BCUT2D eigenvalue weighted by Gasteiger charge is -2.31. The van der Waals surface area contributed by atoms with E-state index in [0.717, 1.165) is 69.9 Å². The highest BCUT2D eigenvalue weighted by Gasteiger charge is 2.36. The van der Waals surface area contributed by atoms with Crippen molar-refractivity contribution in [3.63, 3.8) is 0 Å². The van der Waals surface area contributed by atoms with Gasteiger partial charge in [-0.1, -0.05) is 0 Å². The van der Waals surface area contributed by atoms with Crippen LogP contribution in [0.3, 0.4) is 0 Å². The van der Waals surface area contributed by atoms with Crippen LogP contribution in [0, 0.1) is 5.92 Å². The molecule has 30 heavy (non-hydrogen) atoms. The van der Waals surface area contributed by atoms with E-state index < -0.39 is 0 Å². The Morgan fingerprint density at radius 1 is 1.03 bits per heavy atom. The number of morpholine rings is 1. The predicted molar refractivity (Wildman–Crippen MR) is 119 cm³/mol. The van der Waals surface area contributed by atoms with E-state index in [1.54, 1.807) is 4.88 Å². The summed E-state index contributed by atoms with van der Waals surface area (Å²) in [5.41, 5.74) is 1.52. The van der Waals surface area contributed by atoms with E-state index in [1.165, 1.54) is 54.3 Å². The fourth-order valence-corrected chi connectivity index (χ4v) is 6.57. The van der Waals surface area contributed by atoms with Gasteiger partial charge in [0, 0.05) is 30.6 Å². The number of thiophene rings is 1. The smallest absolute Gasteiger partial charge is 0.146 e. The second kappa shape index (κ2) is 8.34. The summed E-state index contributed by atoms with van der Waals surface area (Å²) in [5, 5.41) is 5.20. The van der Waals surface area contributed by atoms with Crippen LogP contribution in [-0.2, 0) is 28.9 Å². The molecule has 2 aliphatic carbocycles. The normalized spacial score (nSPS) is 27.9. The van der Waals surface area contributed by atoms with Crippen LogP contribution in [0.1, 0.15) is 54.8 Å². The van der Waals surface area contributed by atoms with Gasteiger partial charge in [0.2, 0.25) is 0 Å². The molecule has 0 bridgehead atoms. The molecule has 0 radical (unpaired) electrons. The third-order valence-electron chi connectivity index (χ3n) is 7.13. The zero-order valence-electron chi connectivity index (χ0n) is 17.7. The first-order valence-corrected chi connectivity index (χ1v) is 12.6. The number of fused-ring (bicyclic) bond motifs is 3. The maximum Gasteiger partial charge on any atom is 0.146 e. The SMILES string of the molecule is C1CCc2c(sc3nc(CN4CCOCC4)nc(NC4CCOC(C5CC5)C4)c23)C1. The molecule has 0 spiro atoms. The quantitative estimate of drug-likeness (QED) is 0.782. The molecule has 3 fully saturated rings. The van der Waals surface area contributed by atoms with E-state index in [9.17, 15) is 0 Å². The molecule has 7 heteroatoms. The fraction of sp³-hybridized carbons (Fsp3) is 0.739. The van der Waals surface area contributed by atoms with Crippen molar-refractivity contribution in [2.24, 2.45) is 5.92 Å². The van der Waals surface area contributed by atoms with E-state index in [2.05, 4.69) is 10.2 Å². The first-order valence-electron chi connectivity index (χ1n) is 11.8. The molecule has 2 aliphatic heterocycles. The van der Waals surface area contributed by atoms with Crippen molar-refractivity contribution in [3.8, 4) is 0 Å². The molecule has 6 nitrogen and oxygen atoms in total. The Hall–Kier alpha value is -1.28. The highest BCUT2D eigenvalue weighted by atomic mass is 32.1. The van der Waals surface area contributed by atoms with Crippen molar-refractivity contribution in [2.75, 3.05) is 38.2 Å². The third kappa shape index (κ3) is 3.97. The zero-order chi connectivity index (χ0) is 19.9. The summed E-state index contributed by atoms with van der Waals surface area (Å²) in [5.74, 6) is 2.84.